The zero-order valence-corrected chi connectivity index (χ0v) is 11.8. The largest absolute Gasteiger partial charge is 0.496 e. The molecule has 1 fully saturated rings. The molecule has 0 aliphatic carbocycles. The molecule has 19 heavy (non-hydrogen) atoms. The molecule has 0 amide bonds. The first-order valence-electron chi connectivity index (χ1n) is 6.65. The van der Waals surface area contributed by atoms with E-state index in [-0.39, 0.29) is 12.8 Å². The molecule has 2 nitrogen and oxygen atoms in total. The van der Waals surface area contributed by atoms with Gasteiger partial charge in [-0.1, -0.05) is 17.7 Å². The van der Waals surface area contributed by atoms with Gasteiger partial charge in [0.1, 0.15) is 5.75 Å². The summed E-state index contributed by atoms with van der Waals surface area (Å²) >= 11 is 0. The summed E-state index contributed by atoms with van der Waals surface area (Å²) in [6.45, 7) is 5.63. The second-order valence-electron chi connectivity index (χ2n) is 5.41. The van der Waals surface area contributed by atoms with Crippen LogP contribution in [0.3, 0.4) is 0 Å². The van der Waals surface area contributed by atoms with Crippen molar-refractivity contribution in [3.05, 3.63) is 28.8 Å². The number of alkyl halides is 2. The number of hydrogen-bond donors (Lipinski definition) is 0. The van der Waals surface area contributed by atoms with Crippen LogP contribution in [-0.4, -0.2) is 31.0 Å². The number of halogens is 2. The first-order chi connectivity index (χ1) is 8.91. The number of nitrogens with zero attached hydrogens (tertiary/aromatic N) is 1. The minimum Gasteiger partial charge on any atom is -0.496 e. The smallest absolute Gasteiger partial charge is 0.250 e. The highest BCUT2D eigenvalue weighted by molar-refractivity contribution is 5.43. The maximum absolute atomic E-state index is 13.1. The molecule has 0 atom stereocenters. The van der Waals surface area contributed by atoms with Gasteiger partial charge in [0, 0.05) is 38.0 Å². The quantitative estimate of drug-likeness (QED) is 0.832. The van der Waals surface area contributed by atoms with Crippen LogP contribution >= 0.6 is 0 Å². The molecule has 106 valence electrons. The highest BCUT2D eigenvalue weighted by Gasteiger charge is 2.34. The number of rotatable bonds is 3. The average molecular weight is 269 g/mol. The molecular weight excluding hydrogens is 248 g/mol. The summed E-state index contributed by atoms with van der Waals surface area (Å²) in [7, 11) is 1.66. The second kappa shape index (κ2) is 5.45. The van der Waals surface area contributed by atoms with Crippen molar-refractivity contribution in [3.63, 3.8) is 0 Å². The van der Waals surface area contributed by atoms with Crippen molar-refractivity contribution >= 4 is 0 Å². The standard InChI is InChI=1S/C15H21F2NO/c1-11-8-12(2)14(19-3)13(9-11)10-18-6-4-15(16,17)5-7-18/h8-9H,4-7,10H2,1-3H3. The fourth-order valence-corrected chi connectivity index (χ4v) is 2.73. The van der Waals surface area contributed by atoms with Gasteiger partial charge in [0.15, 0.2) is 0 Å². The molecule has 0 radical (unpaired) electrons. The van der Waals surface area contributed by atoms with E-state index in [4.69, 9.17) is 4.74 Å². The Balaban J connectivity index is 2.11. The van der Waals surface area contributed by atoms with E-state index in [0.717, 1.165) is 16.9 Å². The SMILES string of the molecule is COc1c(C)cc(C)cc1CN1CCC(F)(F)CC1. The van der Waals surface area contributed by atoms with Crippen LogP contribution in [0, 0.1) is 13.8 Å². The normalized spacial score (nSPS) is 19.4. The Morgan fingerprint density at radius 3 is 2.42 bits per heavy atom. The van der Waals surface area contributed by atoms with Gasteiger partial charge in [-0.3, -0.25) is 4.90 Å². The molecular formula is C15H21F2NO. The third kappa shape index (κ3) is 3.44. The number of benzene rings is 1. The number of ether oxygens (including phenoxy) is 1. The number of methoxy groups -OCH3 is 1. The van der Waals surface area contributed by atoms with Crippen LogP contribution in [0.5, 0.6) is 5.75 Å². The van der Waals surface area contributed by atoms with E-state index in [9.17, 15) is 8.78 Å². The van der Waals surface area contributed by atoms with Crippen LogP contribution in [0.25, 0.3) is 0 Å². The number of hydrogen-bond acceptors (Lipinski definition) is 2. The molecule has 0 unspecified atom stereocenters. The van der Waals surface area contributed by atoms with E-state index in [1.807, 2.05) is 13.8 Å². The van der Waals surface area contributed by atoms with Gasteiger partial charge in [-0.2, -0.15) is 0 Å². The van der Waals surface area contributed by atoms with Crippen molar-refractivity contribution in [2.75, 3.05) is 20.2 Å². The number of likely N-dealkylation sites (tertiary alicyclic amines) is 1. The van der Waals surface area contributed by atoms with Gasteiger partial charge >= 0.3 is 0 Å². The summed E-state index contributed by atoms with van der Waals surface area (Å²) in [4.78, 5) is 2.08. The summed E-state index contributed by atoms with van der Waals surface area (Å²) in [6.07, 6.45) is -0.0831. The Morgan fingerprint density at radius 1 is 1.21 bits per heavy atom. The Morgan fingerprint density at radius 2 is 1.84 bits per heavy atom. The lowest BCUT2D eigenvalue weighted by Gasteiger charge is -2.32. The first-order valence-corrected chi connectivity index (χ1v) is 6.65. The van der Waals surface area contributed by atoms with Gasteiger partial charge in [-0.25, -0.2) is 8.78 Å². The Bertz CT molecular complexity index is 450. The highest BCUT2D eigenvalue weighted by Crippen LogP contribution is 2.31. The molecule has 2 rings (SSSR count). The fraction of sp³-hybridized carbons (Fsp3) is 0.600. The first kappa shape index (κ1) is 14.3. The van der Waals surface area contributed by atoms with Gasteiger partial charge in [-0.05, 0) is 19.4 Å². The lowest BCUT2D eigenvalue weighted by Crippen LogP contribution is -2.38. The maximum atomic E-state index is 13.1. The molecule has 1 aromatic carbocycles. The third-order valence-corrected chi connectivity index (χ3v) is 3.68. The molecule has 4 heteroatoms. The Kier molecular flexibility index (Phi) is 4.09. The van der Waals surface area contributed by atoms with Gasteiger partial charge in [0.25, 0.3) is 5.92 Å². The molecule has 1 aromatic rings. The van der Waals surface area contributed by atoms with E-state index in [1.54, 1.807) is 7.11 Å². The van der Waals surface area contributed by atoms with Gasteiger partial charge in [0.05, 0.1) is 7.11 Å². The van der Waals surface area contributed by atoms with Crippen molar-refractivity contribution in [2.45, 2.75) is 39.2 Å². The monoisotopic (exact) mass is 269 g/mol. The summed E-state index contributed by atoms with van der Waals surface area (Å²) in [5.41, 5.74) is 3.36. The molecule has 0 aromatic heterocycles. The van der Waals surface area contributed by atoms with Crippen LogP contribution in [0.15, 0.2) is 12.1 Å². The predicted molar refractivity (Wildman–Crippen MR) is 71.9 cm³/mol. The van der Waals surface area contributed by atoms with E-state index in [0.29, 0.717) is 19.6 Å². The predicted octanol–water partition coefficient (Wildman–Crippen LogP) is 3.54. The Hall–Kier alpha value is -1.16. The molecule has 1 aliphatic heterocycles. The van der Waals surface area contributed by atoms with Crippen LogP contribution in [0.1, 0.15) is 29.5 Å². The van der Waals surface area contributed by atoms with Crippen LogP contribution < -0.4 is 4.74 Å². The van der Waals surface area contributed by atoms with Crippen molar-refractivity contribution in [1.82, 2.24) is 4.90 Å². The molecule has 1 aliphatic rings. The second-order valence-corrected chi connectivity index (χ2v) is 5.41. The summed E-state index contributed by atoms with van der Waals surface area (Å²) in [5.74, 6) is -1.61. The van der Waals surface area contributed by atoms with Crippen LogP contribution in [-0.2, 0) is 6.54 Å². The minimum atomic E-state index is -2.48. The number of piperidine rings is 1. The zero-order valence-electron chi connectivity index (χ0n) is 11.8. The van der Waals surface area contributed by atoms with E-state index < -0.39 is 5.92 Å². The van der Waals surface area contributed by atoms with Crippen molar-refractivity contribution < 1.29 is 13.5 Å². The topological polar surface area (TPSA) is 12.5 Å². The lowest BCUT2D eigenvalue weighted by atomic mass is 10.0. The van der Waals surface area contributed by atoms with Gasteiger partial charge in [-0.15, -0.1) is 0 Å². The van der Waals surface area contributed by atoms with Crippen molar-refractivity contribution in [3.8, 4) is 5.75 Å². The molecule has 1 heterocycles. The van der Waals surface area contributed by atoms with E-state index in [1.165, 1.54) is 5.56 Å². The molecule has 1 saturated heterocycles. The fourth-order valence-electron chi connectivity index (χ4n) is 2.73. The lowest BCUT2D eigenvalue weighted by molar-refractivity contribution is -0.0567. The average Bonchev–Trinajstić information content (AvgIpc) is 2.31. The minimum absolute atomic E-state index is 0.0416. The third-order valence-electron chi connectivity index (χ3n) is 3.68. The summed E-state index contributed by atoms with van der Waals surface area (Å²) < 4.78 is 31.7. The molecule has 0 spiro atoms. The van der Waals surface area contributed by atoms with E-state index in [2.05, 4.69) is 17.0 Å². The molecule has 0 saturated carbocycles. The number of aryl methyl sites for hydroxylation is 2. The van der Waals surface area contributed by atoms with Crippen LogP contribution in [0.4, 0.5) is 8.78 Å². The van der Waals surface area contributed by atoms with Crippen molar-refractivity contribution in [1.29, 1.82) is 0 Å². The summed E-state index contributed by atoms with van der Waals surface area (Å²) in [6, 6.07) is 4.16. The van der Waals surface area contributed by atoms with E-state index >= 15 is 0 Å². The maximum Gasteiger partial charge on any atom is 0.250 e. The molecule has 0 bridgehead atoms. The van der Waals surface area contributed by atoms with Crippen LogP contribution in [0.2, 0.25) is 0 Å². The van der Waals surface area contributed by atoms with Gasteiger partial charge < -0.3 is 4.74 Å². The Labute approximate surface area is 113 Å². The van der Waals surface area contributed by atoms with Gasteiger partial charge in [0.2, 0.25) is 0 Å². The highest BCUT2D eigenvalue weighted by atomic mass is 19.3. The zero-order chi connectivity index (χ0) is 14.0. The van der Waals surface area contributed by atoms with Crippen molar-refractivity contribution in [2.24, 2.45) is 0 Å². The molecule has 0 N–H and O–H groups in total. The summed E-state index contributed by atoms with van der Waals surface area (Å²) in [5, 5.41) is 0.